The Morgan fingerprint density at radius 2 is 2.00 bits per heavy atom. The maximum atomic E-state index is 12.3. The second-order valence-corrected chi connectivity index (χ2v) is 6.57. The molecule has 0 aromatic heterocycles. The van der Waals surface area contributed by atoms with E-state index in [1.54, 1.807) is 25.7 Å². The molecule has 1 heterocycles. The standard InChI is InChI=1S/C17H24N2O3/c1-12-14-8-6-5-7-13(14)9-10-19(12)15(20)11-18-16(21)22-17(2,3)4/h5-8,12H,9-11H2,1-4H3,(H,18,21). The van der Waals surface area contributed by atoms with Gasteiger partial charge < -0.3 is 15.0 Å². The van der Waals surface area contributed by atoms with E-state index in [1.165, 1.54) is 11.1 Å². The summed E-state index contributed by atoms with van der Waals surface area (Å²) in [5.74, 6) is -0.0899. The topological polar surface area (TPSA) is 58.6 Å². The summed E-state index contributed by atoms with van der Waals surface area (Å²) in [7, 11) is 0. The number of amides is 2. The van der Waals surface area contributed by atoms with Gasteiger partial charge in [-0.2, -0.15) is 0 Å². The Morgan fingerprint density at radius 1 is 1.32 bits per heavy atom. The first-order valence-corrected chi connectivity index (χ1v) is 7.62. The molecule has 5 heteroatoms. The van der Waals surface area contributed by atoms with Crippen LogP contribution in [0.3, 0.4) is 0 Å². The van der Waals surface area contributed by atoms with E-state index in [0.29, 0.717) is 6.54 Å². The maximum Gasteiger partial charge on any atom is 0.408 e. The molecule has 0 spiro atoms. The molecule has 0 bridgehead atoms. The van der Waals surface area contributed by atoms with Crippen molar-refractivity contribution in [2.45, 2.75) is 45.8 Å². The number of fused-ring (bicyclic) bond motifs is 1. The van der Waals surface area contributed by atoms with Crippen LogP contribution in [0.4, 0.5) is 4.79 Å². The number of nitrogens with one attached hydrogen (secondary N) is 1. The lowest BCUT2D eigenvalue weighted by Gasteiger charge is -2.35. The van der Waals surface area contributed by atoms with E-state index in [1.807, 2.05) is 19.1 Å². The van der Waals surface area contributed by atoms with Crippen LogP contribution in [0.1, 0.15) is 44.9 Å². The fourth-order valence-electron chi connectivity index (χ4n) is 2.68. The van der Waals surface area contributed by atoms with E-state index in [9.17, 15) is 9.59 Å². The highest BCUT2D eigenvalue weighted by atomic mass is 16.6. The fraction of sp³-hybridized carbons (Fsp3) is 0.529. The Labute approximate surface area is 131 Å². The predicted molar refractivity (Wildman–Crippen MR) is 84.5 cm³/mol. The summed E-state index contributed by atoms with van der Waals surface area (Å²) in [5, 5.41) is 2.53. The Bertz CT molecular complexity index is 563. The molecule has 5 nitrogen and oxygen atoms in total. The Kier molecular flexibility index (Phi) is 4.74. The van der Waals surface area contributed by atoms with Crippen molar-refractivity contribution in [3.05, 3.63) is 35.4 Å². The highest BCUT2D eigenvalue weighted by Gasteiger charge is 2.27. The third-order valence-corrected chi connectivity index (χ3v) is 3.70. The molecule has 0 radical (unpaired) electrons. The summed E-state index contributed by atoms with van der Waals surface area (Å²) >= 11 is 0. The lowest BCUT2D eigenvalue weighted by molar-refractivity contribution is -0.132. The number of alkyl carbamates (subject to hydrolysis) is 1. The molecule has 1 atom stereocenters. The van der Waals surface area contributed by atoms with Crippen LogP contribution in [0.15, 0.2) is 24.3 Å². The van der Waals surface area contributed by atoms with Crippen LogP contribution in [0.2, 0.25) is 0 Å². The van der Waals surface area contributed by atoms with Crippen LogP contribution < -0.4 is 5.32 Å². The number of nitrogens with zero attached hydrogens (tertiary/aromatic N) is 1. The molecule has 1 N–H and O–H groups in total. The molecule has 0 fully saturated rings. The minimum Gasteiger partial charge on any atom is -0.444 e. The molecule has 2 rings (SSSR count). The first kappa shape index (κ1) is 16.3. The SMILES string of the molecule is CC1c2ccccc2CCN1C(=O)CNC(=O)OC(C)(C)C. The Hall–Kier alpha value is -2.04. The van der Waals surface area contributed by atoms with Gasteiger partial charge in [-0.3, -0.25) is 4.79 Å². The van der Waals surface area contributed by atoms with Crippen LogP contribution in [-0.2, 0) is 16.0 Å². The van der Waals surface area contributed by atoms with Gasteiger partial charge in [0.1, 0.15) is 12.1 Å². The van der Waals surface area contributed by atoms with Crippen molar-refractivity contribution in [3.63, 3.8) is 0 Å². The molecule has 120 valence electrons. The number of carbonyl (C=O) groups excluding carboxylic acids is 2. The van der Waals surface area contributed by atoms with E-state index in [0.717, 1.165) is 6.42 Å². The molecular formula is C17H24N2O3. The molecule has 1 aliphatic heterocycles. The largest absolute Gasteiger partial charge is 0.444 e. The van der Waals surface area contributed by atoms with Crippen molar-refractivity contribution < 1.29 is 14.3 Å². The van der Waals surface area contributed by atoms with Crippen LogP contribution in [0.25, 0.3) is 0 Å². The van der Waals surface area contributed by atoms with Crippen molar-refractivity contribution in [2.75, 3.05) is 13.1 Å². The molecule has 1 aliphatic rings. The minimum atomic E-state index is -0.565. The Morgan fingerprint density at radius 3 is 2.68 bits per heavy atom. The van der Waals surface area contributed by atoms with Crippen molar-refractivity contribution in [2.24, 2.45) is 0 Å². The number of carbonyl (C=O) groups is 2. The summed E-state index contributed by atoms with van der Waals surface area (Å²) in [5.41, 5.74) is 1.91. The van der Waals surface area contributed by atoms with Gasteiger partial charge in [-0.05, 0) is 45.2 Å². The van der Waals surface area contributed by atoms with E-state index < -0.39 is 11.7 Å². The first-order valence-electron chi connectivity index (χ1n) is 7.62. The predicted octanol–water partition coefficient (Wildman–Crippen LogP) is 2.66. The van der Waals surface area contributed by atoms with Gasteiger partial charge in [0.2, 0.25) is 5.91 Å². The lowest BCUT2D eigenvalue weighted by Crippen LogP contribution is -2.45. The normalized spacial score (nSPS) is 17.6. The zero-order valence-electron chi connectivity index (χ0n) is 13.7. The van der Waals surface area contributed by atoms with Gasteiger partial charge in [-0.25, -0.2) is 4.79 Å². The van der Waals surface area contributed by atoms with Gasteiger partial charge in [0, 0.05) is 6.54 Å². The van der Waals surface area contributed by atoms with Gasteiger partial charge in [-0.1, -0.05) is 24.3 Å². The van der Waals surface area contributed by atoms with E-state index in [4.69, 9.17) is 4.74 Å². The van der Waals surface area contributed by atoms with Crippen molar-refractivity contribution in [1.82, 2.24) is 10.2 Å². The quantitative estimate of drug-likeness (QED) is 0.914. The number of hydrogen-bond acceptors (Lipinski definition) is 3. The number of hydrogen-bond donors (Lipinski definition) is 1. The monoisotopic (exact) mass is 304 g/mol. The smallest absolute Gasteiger partial charge is 0.408 e. The van der Waals surface area contributed by atoms with E-state index in [2.05, 4.69) is 17.4 Å². The number of ether oxygens (including phenoxy) is 1. The van der Waals surface area contributed by atoms with E-state index >= 15 is 0 Å². The summed E-state index contributed by atoms with van der Waals surface area (Å²) < 4.78 is 5.14. The second-order valence-electron chi connectivity index (χ2n) is 6.57. The summed E-state index contributed by atoms with van der Waals surface area (Å²) in [6, 6.07) is 8.20. The van der Waals surface area contributed by atoms with Crippen LogP contribution in [0.5, 0.6) is 0 Å². The molecule has 1 aromatic rings. The zero-order valence-corrected chi connectivity index (χ0v) is 13.7. The molecule has 0 saturated heterocycles. The third kappa shape index (κ3) is 4.00. The van der Waals surface area contributed by atoms with Crippen LogP contribution >= 0.6 is 0 Å². The highest BCUT2D eigenvalue weighted by Crippen LogP contribution is 2.28. The molecular weight excluding hydrogens is 280 g/mol. The molecule has 0 saturated carbocycles. The average molecular weight is 304 g/mol. The number of benzene rings is 1. The van der Waals surface area contributed by atoms with Crippen molar-refractivity contribution in [1.29, 1.82) is 0 Å². The summed E-state index contributed by atoms with van der Waals surface area (Å²) in [6.07, 6.45) is 0.282. The highest BCUT2D eigenvalue weighted by molar-refractivity contribution is 5.83. The zero-order chi connectivity index (χ0) is 16.3. The average Bonchev–Trinajstić information content (AvgIpc) is 2.44. The molecule has 2 amide bonds. The fourth-order valence-corrected chi connectivity index (χ4v) is 2.68. The van der Waals surface area contributed by atoms with Gasteiger partial charge >= 0.3 is 6.09 Å². The second kappa shape index (κ2) is 6.38. The summed E-state index contributed by atoms with van der Waals surface area (Å²) in [6.45, 7) is 8.02. The van der Waals surface area contributed by atoms with E-state index in [-0.39, 0.29) is 18.5 Å². The lowest BCUT2D eigenvalue weighted by atomic mass is 9.93. The molecule has 1 aromatic carbocycles. The van der Waals surface area contributed by atoms with Gasteiger partial charge in [0.05, 0.1) is 6.04 Å². The number of rotatable bonds is 2. The maximum absolute atomic E-state index is 12.3. The Balaban J connectivity index is 1.93. The van der Waals surface area contributed by atoms with Crippen LogP contribution in [0, 0.1) is 0 Å². The van der Waals surface area contributed by atoms with Crippen molar-refractivity contribution >= 4 is 12.0 Å². The molecule has 1 unspecified atom stereocenters. The molecule has 0 aliphatic carbocycles. The first-order chi connectivity index (χ1) is 10.3. The molecule has 22 heavy (non-hydrogen) atoms. The van der Waals surface area contributed by atoms with Gasteiger partial charge in [0.25, 0.3) is 0 Å². The van der Waals surface area contributed by atoms with Crippen molar-refractivity contribution in [3.8, 4) is 0 Å². The third-order valence-electron chi connectivity index (χ3n) is 3.70. The summed E-state index contributed by atoms with van der Waals surface area (Å²) in [4.78, 5) is 25.8. The van der Waals surface area contributed by atoms with Gasteiger partial charge in [0.15, 0.2) is 0 Å². The minimum absolute atomic E-state index is 0.0258. The van der Waals surface area contributed by atoms with Crippen LogP contribution in [-0.4, -0.2) is 35.6 Å². The van der Waals surface area contributed by atoms with Gasteiger partial charge in [-0.15, -0.1) is 0 Å².